The summed E-state index contributed by atoms with van der Waals surface area (Å²) in [7, 11) is 0. The van der Waals surface area contributed by atoms with Crippen LogP contribution < -0.4 is 15.9 Å². The first-order valence-electron chi connectivity index (χ1n) is 7.62. The molecule has 0 saturated heterocycles. The van der Waals surface area contributed by atoms with Crippen molar-refractivity contribution in [3.63, 3.8) is 0 Å². The number of hydrogen-bond donors (Lipinski definition) is 2. The average Bonchev–Trinajstić information content (AvgIpc) is 3.30. The quantitative estimate of drug-likeness (QED) is 0.344. The number of amidine groups is 1. The Kier molecular flexibility index (Phi) is 6.28. The highest BCUT2D eigenvalue weighted by Crippen LogP contribution is 2.27. The minimum atomic E-state index is -0.427. The predicted molar refractivity (Wildman–Crippen MR) is 104 cm³/mol. The molecule has 0 fully saturated rings. The number of hydrazone groups is 1. The van der Waals surface area contributed by atoms with Crippen molar-refractivity contribution < 1.29 is 9.53 Å². The van der Waals surface area contributed by atoms with Gasteiger partial charge in [-0.3, -0.25) is 4.79 Å². The maximum atomic E-state index is 12.3. The lowest BCUT2D eigenvalue weighted by Crippen LogP contribution is -2.26. The summed E-state index contributed by atoms with van der Waals surface area (Å²) < 4.78 is 7.20. The van der Waals surface area contributed by atoms with Crippen LogP contribution in [0.2, 0.25) is 10.0 Å². The molecule has 3 aromatic rings. The van der Waals surface area contributed by atoms with Gasteiger partial charge in [0, 0.05) is 15.6 Å². The number of thiophene rings is 1. The monoisotopic (exact) mass is 424 g/mol. The van der Waals surface area contributed by atoms with E-state index >= 15 is 0 Å². The van der Waals surface area contributed by atoms with Crippen LogP contribution >= 0.6 is 34.5 Å². The third-order valence-electron chi connectivity index (χ3n) is 3.33. The first-order chi connectivity index (χ1) is 13.0. The fourth-order valence-corrected chi connectivity index (χ4v) is 3.25. The van der Waals surface area contributed by atoms with Crippen molar-refractivity contribution in [3.8, 4) is 5.75 Å². The normalized spacial score (nSPS) is 11.4. The van der Waals surface area contributed by atoms with Crippen molar-refractivity contribution >= 4 is 46.3 Å². The molecule has 0 spiro atoms. The van der Waals surface area contributed by atoms with E-state index in [1.807, 2.05) is 0 Å². The van der Waals surface area contributed by atoms with Gasteiger partial charge in [0.25, 0.3) is 5.91 Å². The molecule has 27 heavy (non-hydrogen) atoms. The lowest BCUT2D eigenvalue weighted by Gasteiger charge is -2.08. The van der Waals surface area contributed by atoms with Crippen LogP contribution in [0.1, 0.15) is 15.2 Å². The molecule has 1 amide bonds. The Labute approximate surface area is 168 Å². The molecule has 2 heterocycles. The highest BCUT2D eigenvalue weighted by molar-refractivity contribution is 7.12. The third kappa shape index (κ3) is 5.19. The molecule has 0 atom stereocenters. The number of nitrogens with two attached hydrogens (primary N) is 1. The van der Waals surface area contributed by atoms with Gasteiger partial charge in [-0.15, -0.1) is 11.3 Å². The first kappa shape index (κ1) is 19.2. The van der Waals surface area contributed by atoms with Crippen molar-refractivity contribution in [3.05, 3.63) is 62.8 Å². The number of carbonyl (C=O) groups excluding carboxylic acids is 1. The van der Waals surface area contributed by atoms with Crippen LogP contribution in [0, 0.1) is 0 Å². The van der Waals surface area contributed by atoms with Crippen molar-refractivity contribution in [1.82, 2.24) is 20.2 Å². The fraction of sp³-hybridized carbons (Fsp3) is 0.125. The maximum absolute atomic E-state index is 12.3. The van der Waals surface area contributed by atoms with Gasteiger partial charge in [-0.1, -0.05) is 29.3 Å². The second-order valence-electron chi connectivity index (χ2n) is 5.28. The van der Waals surface area contributed by atoms with Gasteiger partial charge in [0.2, 0.25) is 0 Å². The number of nitrogens with zero attached hydrogens (tertiary/aromatic N) is 4. The lowest BCUT2D eigenvalue weighted by atomic mass is 10.2. The zero-order valence-corrected chi connectivity index (χ0v) is 16.1. The molecule has 140 valence electrons. The fourth-order valence-electron chi connectivity index (χ4n) is 2.06. The molecule has 0 bridgehead atoms. The van der Waals surface area contributed by atoms with E-state index < -0.39 is 5.91 Å². The highest BCUT2D eigenvalue weighted by atomic mass is 35.5. The van der Waals surface area contributed by atoms with Crippen molar-refractivity contribution in [2.75, 3.05) is 0 Å². The van der Waals surface area contributed by atoms with Crippen LogP contribution in [0.4, 0.5) is 0 Å². The van der Waals surface area contributed by atoms with E-state index in [1.165, 1.54) is 28.7 Å². The van der Waals surface area contributed by atoms with Gasteiger partial charge < -0.3 is 10.5 Å². The van der Waals surface area contributed by atoms with E-state index in [9.17, 15) is 4.79 Å². The number of aromatic nitrogens is 3. The molecule has 0 aliphatic rings. The molecule has 0 radical (unpaired) electrons. The molecule has 0 aliphatic heterocycles. The number of ether oxygens (including phenoxy) is 1. The average molecular weight is 425 g/mol. The van der Waals surface area contributed by atoms with Crippen LogP contribution in [0.5, 0.6) is 5.75 Å². The van der Waals surface area contributed by atoms with Crippen molar-refractivity contribution in [2.24, 2.45) is 10.8 Å². The SMILES string of the molecule is N/C(Cn1cncn1)=N\NC(=O)c1sccc1OCc1ccc(Cl)cc1Cl. The van der Waals surface area contributed by atoms with E-state index in [2.05, 4.69) is 20.6 Å². The molecule has 0 unspecified atom stereocenters. The second kappa shape index (κ2) is 8.85. The zero-order valence-electron chi connectivity index (χ0n) is 13.8. The van der Waals surface area contributed by atoms with Crippen LogP contribution in [0.15, 0.2) is 47.4 Å². The predicted octanol–water partition coefficient (Wildman–Crippen LogP) is 2.93. The summed E-state index contributed by atoms with van der Waals surface area (Å²) in [6.45, 7) is 0.411. The Balaban J connectivity index is 1.61. The smallest absolute Gasteiger partial charge is 0.285 e. The van der Waals surface area contributed by atoms with Gasteiger partial charge >= 0.3 is 0 Å². The Morgan fingerprint density at radius 2 is 2.22 bits per heavy atom. The van der Waals surface area contributed by atoms with Crippen molar-refractivity contribution in [1.29, 1.82) is 0 Å². The number of hydrogen-bond acceptors (Lipinski definition) is 6. The van der Waals surface area contributed by atoms with Gasteiger partial charge in [-0.25, -0.2) is 15.1 Å². The van der Waals surface area contributed by atoms with Crippen molar-refractivity contribution in [2.45, 2.75) is 13.2 Å². The van der Waals surface area contributed by atoms with Gasteiger partial charge in [0.05, 0.1) is 0 Å². The van der Waals surface area contributed by atoms with Crippen LogP contribution in [-0.2, 0) is 13.2 Å². The van der Waals surface area contributed by atoms with E-state index in [0.29, 0.717) is 20.7 Å². The van der Waals surface area contributed by atoms with Crippen LogP contribution in [0.25, 0.3) is 0 Å². The molecule has 3 rings (SSSR count). The Bertz CT molecular complexity index is 958. The Hall–Kier alpha value is -2.62. The van der Waals surface area contributed by atoms with Gasteiger partial charge in [0.15, 0.2) is 0 Å². The number of rotatable bonds is 7. The summed E-state index contributed by atoms with van der Waals surface area (Å²) in [5, 5.41) is 10.6. The minimum absolute atomic E-state index is 0.181. The van der Waals surface area contributed by atoms with E-state index in [4.69, 9.17) is 33.7 Å². The summed E-state index contributed by atoms with van der Waals surface area (Å²) in [6.07, 6.45) is 2.88. The van der Waals surface area contributed by atoms with E-state index in [0.717, 1.165) is 5.56 Å². The summed E-state index contributed by atoms with van der Waals surface area (Å²) in [5.41, 5.74) is 8.92. The molecule has 2 aromatic heterocycles. The number of nitrogens with one attached hydrogen (secondary N) is 1. The zero-order chi connectivity index (χ0) is 19.2. The highest BCUT2D eigenvalue weighted by Gasteiger charge is 2.15. The molecule has 1 aromatic carbocycles. The number of amides is 1. The summed E-state index contributed by atoms with van der Waals surface area (Å²) >= 11 is 13.2. The Morgan fingerprint density at radius 3 is 2.96 bits per heavy atom. The number of halogens is 2. The topological polar surface area (TPSA) is 107 Å². The number of benzene rings is 1. The summed E-state index contributed by atoms with van der Waals surface area (Å²) in [5.74, 6) is 0.179. The molecular formula is C16H14Cl2N6O2S. The first-order valence-corrected chi connectivity index (χ1v) is 9.25. The molecule has 3 N–H and O–H groups in total. The van der Waals surface area contributed by atoms with Gasteiger partial charge in [-0.05, 0) is 23.6 Å². The third-order valence-corrected chi connectivity index (χ3v) is 4.81. The van der Waals surface area contributed by atoms with Crippen LogP contribution in [0.3, 0.4) is 0 Å². The largest absolute Gasteiger partial charge is 0.487 e. The van der Waals surface area contributed by atoms with E-state index in [-0.39, 0.29) is 19.0 Å². The van der Waals surface area contributed by atoms with Crippen LogP contribution in [-0.4, -0.2) is 26.5 Å². The summed E-state index contributed by atoms with van der Waals surface area (Å²) in [4.78, 5) is 16.5. The van der Waals surface area contributed by atoms with Gasteiger partial charge in [0.1, 0.15) is 42.3 Å². The minimum Gasteiger partial charge on any atom is -0.487 e. The molecular weight excluding hydrogens is 411 g/mol. The Morgan fingerprint density at radius 1 is 1.37 bits per heavy atom. The number of carbonyl (C=O) groups is 1. The molecule has 0 aliphatic carbocycles. The second-order valence-corrected chi connectivity index (χ2v) is 7.04. The summed E-state index contributed by atoms with van der Waals surface area (Å²) in [6, 6.07) is 6.83. The van der Waals surface area contributed by atoms with E-state index in [1.54, 1.807) is 29.6 Å². The maximum Gasteiger partial charge on any atom is 0.285 e. The molecule has 8 nitrogen and oxygen atoms in total. The lowest BCUT2D eigenvalue weighted by molar-refractivity contribution is 0.0954. The molecule has 0 saturated carbocycles. The standard InChI is InChI=1S/C16H14Cl2N6O2S/c17-11-2-1-10(12(18)5-11)7-26-13-3-4-27-15(13)16(25)23-22-14(19)6-24-9-20-8-21-24/h1-5,8-9H,6-7H2,(H2,19,22)(H,23,25). The van der Waals surface area contributed by atoms with Gasteiger partial charge in [-0.2, -0.15) is 10.2 Å². The molecule has 11 heteroatoms.